The van der Waals surface area contributed by atoms with Gasteiger partial charge in [-0.1, -0.05) is 18.2 Å². The maximum absolute atomic E-state index is 12.2. The van der Waals surface area contributed by atoms with Crippen LogP contribution in [0.3, 0.4) is 0 Å². The summed E-state index contributed by atoms with van der Waals surface area (Å²) in [5.74, 6) is 0.316. The van der Waals surface area contributed by atoms with Crippen LogP contribution >= 0.6 is 0 Å². The molecule has 1 heterocycles. The van der Waals surface area contributed by atoms with Crippen LogP contribution in [0.2, 0.25) is 0 Å². The number of halogens is 3. The van der Waals surface area contributed by atoms with Gasteiger partial charge in [-0.25, -0.2) is 0 Å². The van der Waals surface area contributed by atoms with Crippen molar-refractivity contribution < 1.29 is 17.9 Å². The van der Waals surface area contributed by atoms with Gasteiger partial charge in [-0.15, -0.1) is 0 Å². The van der Waals surface area contributed by atoms with E-state index in [-0.39, 0.29) is 0 Å². The first kappa shape index (κ1) is 15.1. The van der Waals surface area contributed by atoms with Gasteiger partial charge in [0.2, 0.25) is 0 Å². The molecular weight excluding hydrogens is 269 g/mol. The average molecular weight is 288 g/mol. The van der Waals surface area contributed by atoms with Crippen molar-refractivity contribution in [2.45, 2.75) is 25.7 Å². The zero-order valence-electron chi connectivity index (χ0n) is 11.4. The molecule has 1 aromatic carbocycles. The van der Waals surface area contributed by atoms with Crippen molar-refractivity contribution >= 4 is 0 Å². The Morgan fingerprint density at radius 1 is 1.35 bits per heavy atom. The summed E-state index contributed by atoms with van der Waals surface area (Å²) in [6.45, 7) is 4.12. The van der Waals surface area contributed by atoms with Crippen molar-refractivity contribution in [3.05, 3.63) is 29.8 Å². The Balaban J connectivity index is 2.00. The van der Waals surface area contributed by atoms with Crippen LogP contribution in [0.15, 0.2) is 24.3 Å². The molecule has 0 aliphatic carbocycles. The van der Waals surface area contributed by atoms with Crippen LogP contribution in [0.4, 0.5) is 13.2 Å². The molecule has 0 bridgehead atoms. The van der Waals surface area contributed by atoms with E-state index in [2.05, 4.69) is 17.1 Å². The number of hydrogen-bond donors (Lipinski definition) is 1. The van der Waals surface area contributed by atoms with Gasteiger partial charge in [-0.2, -0.15) is 13.2 Å². The number of benzene rings is 1. The van der Waals surface area contributed by atoms with Crippen molar-refractivity contribution in [1.29, 1.82) is 0 Å². The Morgan fingerprint density at radius 3 is 2.80 bits per heavy atom. The highest BCUT2D eigenvalue weighted by atomic mass is 19.4. The summed E-state index contributed by atoms with van der Waals surface area (Å²) < 4.78 is 41.6. The topological polar surface area (TPSA) is 24.5 Å². The lowest BCUT2D eigenvalue weighted by Gasteiger charge is -2.32. The van der Waals surface area contributed by atoms with Crippen LogP contribution in [0.5, 0.6) is 5.75 Å². The normalized spacial score (nSPS) is 20.9. The molecule has 0 amide bonds. The highest BCUT2D eigenvalue weighted by Gasteiger charge is 2.29. The van der Waals surface area contributed by atoms with Gasteiger partial charge >= 0.3 is 6.18 Å². The molecule has 1 atom stereocenters. The van der Waals surface area contributed by atoms with E-state index in [1.165, 1.54) is 0 Å². The summed E-state index contributed by atoms with van der Waals surface area (Å²) in [6.07, 6.45) is -4.31. The molecule has 1 unspecified atom stereocenters. The molecule has 1 aliphatic heterocycles. The molecule has 3 nitrogen and oxygen atoms in total. The lowest BCUT2D eigenvalue weighted by atomic mass is 10.1. The minimum absolute atomic E-state index is 0.316. The molecule has 1 aromatic rings. The molecular formula is C14H19F3N2O. The lowest BCUT2D eigenvalue weighted by Crippen LogP contribution is -2.48. The number of para-hydroxylation sites is 1. The van der Waals surface area contributed by atoms with Crippen molar-refractivity contribution in [2.75, 3.05) is 26.2 Å². The zero-order chi connectivity index (χ0) is 14.6. The summed E-state index contributed by atoms with van der Waals surface area (Å²) in [5.41, 5.74) is 0.797. The standard InChI is InChI=1S/C14H19F3N2O/c1-11-8-19(7-6-18-11)9-12-4-2-3-5-13(12)20-10-14(15,16)17/h2-5,11,18H,6-10H2,1H3. The molecule has 6 heteroatoms. The second-order valence-electron chi connectivity index (χ2n) is 5.10. The fourth-order valence-electron chi connectivity index (χ4n) is 2.33. The van der Waals surface area contributed by atoms with Crippen LogP contribution < -0.4 is 10.1 Å². The van der Waals surface area contributed by atoms with E-state index in [1.807, 2.05) is 12.1 Å². The van der Waals surface area contributed by atoms with E-state index >= 15 is 0 Å². The minimum atomic E-state index is -4.31. The summed E-state index contributed by atoms with van der Waals surface area (Å²) in [7, 11) is 0. The van der Waals surface area contributed by atoms with Gasteiger partial charge in [-0.05, 0) is 13.0 Å². The first-order chi connectivity index (χ1) is 9.44. The van der Waals surface area contributed by atoms with Gasteiger partial charge in [0.1, 0.15) is 5.75 Å². The molecule has 20 heavy (non-hydrogen) atoms. The molecule has 0 spiro atoms. The fraction of sp³-hybridized carbons (Fsp3) is 0.571. The minimum Gasteiger partial charge on any atom is -0.484 e. The van der Waals surface area contributed by atoms with E-state index < -0.39 is 12.8 Å². The molecule has 0 radical (unpaired) electrons. The number of rotatable bonds is 4. The number of ether oxygens (including phenoxy) is 1. The third-order valence-corrected chi connectivity index (χ3v) is 3.21. The Bertz CT molecular complexity index is 437. The molecule has 2 rings (SSSR count). The molecule has 0 saturated carbocycles. The Labute approximate surface area is 116 Å². The van der Waals surface area contributed by atoms with E-state index in [1.54, 1.807) is 12.1 Å². The van der Waals surface area contributed by atoms with Crippen molar-refractivity contribution in [3.8, 4) is 5.75 Å². The predicted octanol–water partition coefficient (Wildman–Crippen LogP) is 2.42. The quantitative estimate of drug-likeness (QED) is 0.921. The first-order valence-corrected chi connectivity index (χ1v) is 6.67. The fourth-order valence-corrected chi connectivity index (χ4v) is 2.33. The average Bonchev–Trinajstić information content (AvgIpc) is 2.37. The van der Waals surface area contributed by atoms with E-state index in [0.717, 1.165) is 25.2 Å². The zero-order valence-corrected chi connectivity index (χ0v) is 11.4. The third-order valence-electron chi connectivity index (χ3n) is 3.21. The summed E-state index contributed by atoms with van der Waals surface area (Å²) in [5, 5.41) is 3.34. The summed E-state index contributed by atoms with van der Waals surface area (Å²) >= 11 is 0. The van der Waals surface area contributed by atoms with Crippen molar-refractivity contribution in [2.24, 2.45) is 0 Å². The summed E-state index contributed by atoms with van der Waals surface area (Å²) in [4.78, 5) is 2.22. The number of nitrogens with one attached hydrogen (secondary N) is 1. The number of alkyl halides is 3. The number of hydrogen-bond acceptors (Lipinski definition) is 3. The van der Waals surface area contributed by atoms with Crippen LogP contribution in [0.1, 0.15) is 12.5 Å². The van der Waals surface area contributed by atoms with Gasteiger partial charge in [0, 0.05) is 37.8 Å². The van der Waals surface area contributed by atoms with Crippen molar-refractivity contribution in [1.82, 2.24) is 10.2 Å². The Morgan fingerprint density at radius 2 is 2.10 bits per heavy atom. The maximum Gasteiger partial charge on any atom is 0.422 e. The highest BCUT2D eigenvalue weighted by Crippen LogP contribution is 2.23. The molecule has 0 aromatic heterocycles. The Kier molecular flexibility index (Phi) is 4.88. The van der Waals surface area contributed by atoms with Crippen LogP contribution in [-0.2, 0) is 6.54 Å². The van der Waals surface area contributed by atoms with Crippen LogP contribution in [0, 0.1) is 0 Å². The molecule has 112 valence electrons. The highest BCUT2D eigenvalue weighted by molar-refractivity contribution is 5.33. The smallest absolute Gasteiger partial charge is 0.422 e. The number of nitrogens with zero attached hydrogens (tertiary/aromatic N) is 1. The lowest BCUT2D eigenvalue weighted by molar-refractivity contribution is -0.153. The van der Waals surface area contributed by atoms with Gasteiger partial charge in [-0.3, -0.25) is 4.90 Å². The van der Waals surface area contributed by atoms with E-state index in [9.17, 15) is 13.2 Å². The van der Waals surface area contributed by atoms with Gasteiger partial charge in [0.25, 0.3) is 0 Å². The SMILES string of the molecule is CC1CN(Cc2ccccc2OCC(F)(F)F)CCN1. The third kappa shape index (κ3) is 4.68. The largest absolute Gasteiger partial charge is 0.484 e. The number of piperazine rings is 1. The maximum atomic E-state index is 12.2. The van der Waals surface area contributed by atoms with Crippen LogP contribution in [0.25, 0.3) is 0 Å². The van der Waals surface area contributed by atoms with Gasteiger partial charge in [0.15, 0.2) is 6.61 Å². The second kappa shape index (κ2) is 6.45. The molecule has 1 N–H and O–H groups in total. The monoisotopic (exact) mass is 288 g/mol. The van der Waals surface area contributed by atoms with Crippen molar-refractivity contribution in [3.63, 3.8) is 0 Å². The van der Waals surface area contributed by atoms with Gasteiger partial charge < -0.3 is 10.1 Å². The predicted molar refractivity (Wildman–Crippen MR) is 70.7 cm³/mol. The second-order valence-corrected chi connectivity index (χ2v) is 5.10. The molecule has 1 aliphatic rings. The molecule has 1 fully saturated rings. The first-order valence-electron chi connectivity index (χ1n) is 6.67. The summed E-state index contributed by atoms with van der Waals surface area (Å²) in [6, 6.07) is 7.31. The van der Waals surface area contributed by atoms with E-state index in [0.29, 0.717) is 18.3 Å². The van der Waals surface area contributed by atoms with Gasteiger partial charge in [0.05, 0.1) is 0 Å². The molecule has 1 saturated heterocycles. The Hall–Kier alpha value is -1.27. The van der Waals surface area contributed by atoms with Crippen LogP contribution in [-0.4, -0.2) is 43.4 Å². The van der Waals surface area contributed by atoms with E-state index in [4.69, 9.17) is 4.74 Å².